The van der Waals surface area contributed by atoms with Crippen molar-refractivity contribution in [3.05, 3.63) is 11.4 Å². The number of ether oxygens (including phenoxy) is 2. The van der Waals surface area contributed by atoms with Crippen molar-refractivity contribution in [1.82, 2.24) is 15.0 Å². The molecule has 0 saturated carbocycles. The van der Waals surface area contributed by atoms with Crippen LogP contribution in [0.1, 0.15) is 29.0 Å². The van der Waals surface area contributed by atoms with Crippen LogP contribution in [0.2, 0.25) is 0 Å². The fraction of sp³-hybridized carbons (Fsp3) is 0.700. The molecule has 1 aromatic rings. The van der Waals surface area contributed by atoms with Crippen molar-refractivity contribution < 1.29 is 27.4 Å². The molecule has 1 rings (SSSR count). The monoisotopic (exact) mass is 281 g/mol. The maximum atomic E-state index is 12.1. The first-order chi connectivity index (χ1) is 8.89. The molecule has 0 unspecified atom stereocenters. The third-order valence-corrected chi connectivity index (χ3v) is 2.33. The lowest BCUT2D eigenvalue weighted by Crippen LogP contribution is -2.13. The third kappa shape index (κ3) is 4.51. The molecule has 0 atom stereocenters. The molecule has 1 aromatic heterocycles. The topological polar surface area (TPSA) is 66.2 Å². The molecule has 0 aliphatic heterocycles. The molecule has 0 aliphatic rings. The summed E-state index contributed by atoms with van der Waals surface area (Å²) in [7, 11) is 2.58. The van der Waals surface area contributed by atoms with Gasteiger partial charge in [-0.1, -0.05) is 5.21 Å². The van der Waals surface area contributed by atoms with Crippen LogP contribution in [0.25, 0.3) is 0 Å². The van der Waals surface area contributed by atoms with Gasteiger partial charge in [0.2, 0.25) is 0 Å². The summed E-state index contributed by atoms with van der Waals surface area (Å²) in [5.41, 5.74) is 0.257. The van der Waals surface area contributed by atoms with E-state index in [1.807, 2.05) is 0 Å². The maximum absolute atomic E-state index is 12.1. The predicted octanol–water partition coefficient (Wildman–Crippen LogP) is 1.55. The van der Waals surface area contributed by atoms with Crippen molar-refractivity contribution in [2.24, 2.45) is 0 Å². The zero-order chi connectivity index (χ0) is 14.5. The highest BCUT2D eigenvalue weighted by molar-refractivity contribution is 5.88. The Bertz CT molecular complexity index is 431. The van der Waals surface area contributed by atoms with Gasteiger partial charge in [-0.2, -0.15) is 13.2 Å². The van der Waals surface area contributed by atoms with Crippen LogP contribution >= 0.6 is 0 Å². The fourth-order valence-corrected chi connectivity index (χ4v) is 1.48. The number of aryl methyl sites for hydroxylation is 1. The molecule has 0 aliphatic carbocycles. The zero-order valence-electron chi connectivity index (χ0n) is 10.5. The number of hydrogen-bond acceptors (Lipinski definition) is 5. The minimum Gasteiger partial charge on any atom is -0.464 e. The van der Waals surface area contributed by atoms with Gasteiger partial charge in [-0.15, -0.1) is 5.10 Å². The SMILES string of the molecule is COCc1c(C(=O)OC)nnn1CCCC(F)(F)F. The number of nitrogens with zero attached hydrogens (tertiary/aromatic N) is 3. The highest BCUT2D eigenvalue weighted by Crippen LogP contribution is 2.22. The van der Waals surface area contributed by atoms with Gasteiger partial charge in [-0.3, -0.25) is 0 Å². The molecule has 0 aromatic carbocycles. The van der Waals surface area contributed by atoms with Crippen LogP contribution in [0, 0.1) is 0 Å². The Kier molecular flexibility index (Phi) is 5.28. The van der Waals surface area contributed by atoms with E-state index >= 15 is 0 Å². The van der Waals surface area contributed by atoms with E-state index in [0.717, 1.165) is 0 Å². The molecule has 0 bridgehead atoms. The molecular formula is C10H14F3N3O3. The Labute approximate surface area is 107 Å². The summed E-state index contributed by atoms with van der Waals surface area (Å²) in [6.07, 6.45) is -5.29. The van der Waals surface area contributed by atoms with E-state index in [-0.39, 0.29) is 25.3 Å². The minimum atomic E-state index is -4.22. The van der Waals surface area contributed by atoms with Crippen molar-refractivity contribution in [2.75, 3.05) is 14.2 Å². The molecule has 0 saturated heterocycles. The minimum absolute atomic E-state index is 0.00218. The lowest BCUT2D eigenvalue weighted by atomic mass is 10.3. The van der Waals surface area contributed by atoms with E-state index in [0.29, 0.717) is 5.69 Å². The van der Waals surface area contributed by atoms with Gasteiger partial charge < -0.3 is 9.47 Å². The molecule has 1 heterocycles. The van der Waals surface area contributed by atoms with Crippen LogP contribution in [0.3, 0.4) is 0 Å². The zero-order valence-corrected chi connectivity index (χ0v) is 10.5. The lowest BCUT2D eigenvalue weighted by Gasteiger charge is -2.08. The summed E-state index contributed by atoms with van der Waals surface area (Å²) < 4.78 is 46.8. The average molecular weight is 281 g/mol. The molecule has 0 fully saturated rings. The van der Waals surface area contributed by atoms with Gasteiger partial charge in [0.25, 0.3) is 0 Å². The Morgan fingerprint density at radius 2 is 2.05 bits per heavy atom. The van der Waals surface area contributed by atoms with E-state index < -0.39 is 18.6 Å². The summed E-state index contributed by atoms with van der Waals surface area (Å²) in [5.74, 6) is -0.700. The van der Waals surface area contributed by atoms with Crippen molar-refractivity contribution in [3.63, 3.8) is 0 Å². The van der Waals surface area contributed by atoms with Crippen molar-refractivity contribution in [1.29, 1.82) is 0 Å². The second-order valence-corrected chi connectivity index (χ2v) is 3.75. The standard InChI is InChI=1S/C10H14F3N3O3/c1-18-6-7-8(9(17)19-2)14-15-16(7)5-3-4-10(11,12)13/h3-6H2,1-2H3. The molecule has 108 valence electrons. The second-order valence-electron chi connectivity index (χ2n) is 3.75. The van der Waals surface area contributed by atoms with Crippen LogP contribution in [0.4, 0.5) is 13.2 Å². The molecule has 0 N–H and O–H groups in total. The first-order valence-electron chi connectivity index (χ1n) is 5.45. The van der Waals surface area contributed by atoms with Crippen LogP contribution in [0.5, 0.6) is 0 Å². The number of alkyl halides is 3. The smallest absolute Gasteiger partial charge is 0.389 e. The fourth-order valence-electron chi connectivity index (χ4n) is 1.48. The largest absolute Gasteiger partial charge is 0.464 e. The number of aromatic nitrogens is 3. The quantitative estimate of drug-likeness (QED) is 0.740. The van der Waals surface area contributed by atoms with Crippen LogP contribution in [-0.4, -0.2) is 41.4 Å². The first-order valence-corrected chi connectivity index (χ1v) is 5.45. The Hall–Kier alpha value is -1.64. The third-order valence-electron chi connectivity index (χ3n) is 2.33. The summed E-state index contributed by atoms with van der Waals surface area (Å²) in [6, 6.07) is 0. The van der Waals surface area contributed by atoms with Gasteiger partial charge in [-0.25, -0.2) is 9.48 Å². The van der Waals surface area contributed by atoms with Gasteiger partial charge >= 0.3 is 12.1 Å². The Balaban J connectivity index is 2.77. The molecule has 0 radical (unpaired) electrons. The highest BCUT2D eigenvalue weighted by Gasteiger charge is 2.27. The highest BCUT2D eigenvalue weighted by atomic mass is 19.4. The summed E-state index contributed by atoms with van der Waals surface area (Å²) in [5, 5.41) is 7.24. The molecule has 19 heavy (non-hydrogen) atoms. The van der Waals surface area contributed by atoms with Crippen LogP contribution < -0.4 is 0 Å². The van der Waals surface area contributed by atoms with Crippen molar-refractivity contribution in [2.45, 2.75) is 32.2 Å². The van der Waals surface area contributed by atoms with Crippen molar-refractivity contribution >= 4 is 5.97 Å². The lowest BCUT2D eigenvalue weighted by molar-refractivity contribution is -0.136. The predicted molar refractivity (Wildman–Crippen MR) is 57.4 cm³/mol. The van der Waals surface area contributed by atoms with E-state index in [9.17, 15) is 18.0 Å². The van der Waals surface area contributed by atoms with Crippen LogP contribution in [-0.2, 0) is 22.6 Å². The Morgan fingerprint density at radius 3 is 2.58 bits per heavy atom. The van der Waals surface area contributed by atoms with Crippen molar-refractivity contribution in [3.8, 4) is 0 Å². The van der Waals surface area contributed by atoms with E-state index in [4.69, 9.17) is 4.74 Å². The molecule has 0 spiro atoms. The maximum Gasteiger partial charge on any atom is 0.389 e. The van der Waals surface area contributed by atoms with Gasteiger partial charge in [-0.05, 0) is 6.42 Å². The van der Waals surface area contributed by atoms with E-state index in [1.165, 1.54) is 18.9 Å². The van der Waals surface area contributed by atoms with E-state index in [1.54, 1.807) is 0 Å². The number of halogens is 3. The number of carbonyl (C=O) groups excluding carboxylic acids is 1. The molecule has 0 amide bonds. The van der Waals surface area contributed by atoms with Gasteiger partial charge in [0.15, 0.2) is 5.69 Å². The average Bonchev–Trinajstić information content (AvgIpc) is 2.71. The second kappa shape index (κ2) is 6.50. The number of esters is 1. The van der Waals surface area contributed by atoms with Gasteiger partial charge in [0.1, 0.15) is 0 Å². The number of hydrogen-bond donors (Lipinski definition) is 0. The van der Waals surface area contributed by atoms with E-state index in [2.05, 4.69) is 15.0 Å². The summed E-state index contributed by atoms with van der Waals surface area (Å²) in [6.45, 7) is 0.0195. The van der Waals surface area contributed by atoms with Gasteiger partial charge in [0, 0.05) is 20.1 Å². The Morgan fingerprint density at radius 1 is 1.37 bits per heavy atom. The summed E-state index contributed by atoms with van der Waals surface area (Å²) in [4.78, 5) is 11.4. The first kappa shape index (κ1) is 15.4. The molecular weight excluding hydrogens is 267 g/mol. The number of rotatable bonds is 6. The van der Waals surface area contributed by atoms with Gasteiger partial charge in [0.05, 0.1) is 19.4 Å². The number of methoxy groups -OCH3 is 2. The molecule has 6 nitrogen and oxygen atoms in total. The normalized spacial score (nSPS) is 11.6. The van der Waals surface area contributed by atoms with Crippen LogP contribution in [0.15, 0.2) is 0 Å². The number of carbonyl (C=O) groups is 1. The summed E-state index contributed by atoms with van der Waals surface area (Å²) >= 11 is 0. The molecule has 9 heteroatoms.